The highest BCUT2D eigenvalue weighted by atomic mass is 16.2. The Morgan fingerprint density at radius 3 is 2.67 bits per heavy atom. The van der Waals surface area contributed by atoms with Gasteiger partial charge in [-0.05, 0) is 30.3 Å². The number of aromatic nitrogens is 1. The van der Waals surface area contributed by atoms with E-state index >= 15 is 0 Å². The van der Waals surface area contributed by atoms with Crippen molar-refractivity contribution in [1.82, 2.24) is 9.47 Å². The van der Waals surface area contributed by atoms with Crippen LogP contribution in [0.2, 0.25) is 0 Å². The minimum absolute atomic E-state index is 0.0243. The first-order valence-corrected chi connectivity index (χ1v) is 6.92. The van der Waals surface area contributed by atoms with Gasteiger partial charge in [-0.3, -0.25) is 9.59 Å². The van der Waals surface area contributed by atoms with E-state index in [1.54, 1.807) is 11.9 Å². The van der Waals surface area contributed by atoms with Crippen LogP contribution in [0.25, 0.3) is 5.69 Å². The molecule has 21 heavy (non-hydrogen) atoms. The summed E-state index contributed by atoms with van der Waals surface area (Å²) in [5.41, 5.74) is 1.73. The summed E-state index contributed by atoms with van der Waals surface area (Å²) in [6.07, 6.45) is 4.19. The van der Waals surface area contributed by atoms with Crippen LogP contribution in [0.5, 0.6) is 0 Å². The Balaban J connectivity index is 1.72. The van der Waals surface area contributed by atoms with Gasteiger partial charge in [0.05, 0.1) is 5.92 Å². The zero-order valence-corrected chi connectivity index (χ0v) is 11.8. The normalized spacial score (nSPS) is 18.0. The van der Waals surface area contributed by atoms with Gasteiger partial charge in [0.15, 0.2) is 0 Å². The fourth-order valence-electron chi connectivity index (χ4n) is 2.53. The Bertz CT molecular complexity index is 664. The van der Waals surface area contributed by atoms with Crippen LogP contribution in [0.3, 0.4) is 0 Å². The number of benzene rings is 1. The van der Waals surface area contributed by atoms with Crippen molar-refractivity contribution in [3.8, 4) is 5.69 Å². The van der Waals surface area contributed by atoms with Gasteiger partial charge in [-0.25, -0.2) is 0 Å². The van der Waals surface area contributed by atoms with Gasteiger partial charge in [-0.1, -0.05) is 6.07 Å². The minimum atomic E-state index is -0.266. The number of carbonyl (C=O) groups is 2. The second-order valence-electron chi connectivity index (χ2n) is 5.31. The van der Waals surface area contributed by atoms with Crippen LogP contribution in [0.15, 0.2) is 48.8 Å². The molecule has 0 bridgehead atoms. The maximum Gasteiger partial charge on any atom is 0.229 e. The first-order chi connectivity index (χ1) is 10.1. The third kappa shape index (κ3) is 2.81. The molecule has 1 aliphatic rings. The molecule has 1 atom stereocenters. The number of likely N-dealkylation sites (tertiary alicyclic amines) is 1. The van der Waals surface area contributed by atoms with Crippen molar-refractivity contribution < 1.29 is 9.59 Å². The fourth-order valence-corrected chi connectivity index (χ4v) is 2.53. The molecule has 108 valence electrons. The molecule has 5 heteroatoms. The summed E-state index contributed by atoms with van der Waals surface area (Å²) in [4.78, 5) is 25.3. The first-order valence-electron chi connectivity index (χ1n) is 6.92. The molecule has 0 aliphatic carbocycles. The predicted molar refractivity (Wildman–Crippen MR) is 80.1 cm³/mol. The van der Waals surface area contributed by atoms with E-state index in [9.17, 15) is 9.59 Å². The number of amides is 2. The lowest BCUT2D eigenvalue weighted by atomic mass is 10.1. The SMILES string of the molecule is CN1C[C@@H](C(=O)Nc2cccc(-n3cccc3)c2)CC1=O. The molecule has 0 radical (unpaired) electrons. The fraction of sp³-hybridized carbons (Fsp3) is 0.250. The van der Waals surface area contributed by atoms with Crippen molar-refractivity contribution in [1.29, 1.82) is 0 Å². The highest BCUT2D eigenvalue weighted by molar-refractivity contribution is 5.97. The van der Waals surface area contributed by atoms with Crippen LogP contribution < -0.4 is 5.32 Å². The molecule has 2 amide bonds. The molecule has 5 nitrogen and oxygen atoms in total. The lowest BCUT2D eigenvalue weighted by Gasteiger charge is -2.12. The third-order valence-electron chi connectivity index (χ3n) is 3.73. The number of carbonyl (C=O) groups excluding carboxylic acids is 2. The number of hydrogen-bond acceptors (Lipinski definition) is 2. The highest BCUT2D eigenvalue weighted by Crippen LogP contribution is 2.20. The largest absolute Gasteiger partial charge is 0.345 e. The van der Waals surface area contributed by atoms with Gasteiger partial charge in [-0.15, -0.1) is 0 Å². The molecular formula is C16H17N3O2. The molecule has 1 aliphatic heterocycles. The maximum absolute atomic E-state index is 12.2. The predicted octanol–water partition coefficient (Wildman–Crippen LogP) is 1.89. The van der Waals surface area contributed by atoms with E-state index in [0.29, 0.717) is 13.0 Å². The van der Waals surface area contributed by atoms with Crippen LogP contribution >= 0.6 is 0 Å². The number of nitrogens with zero attached hydrogens (tertiary/aromatic N) is 2. The average Bonchev–Trinajstić information content (AvgIpc) is 3.10. The van der Waals surface area contributed by atoms with Gasteiger partial charge < -0.3 is 14.8 Å². The molecule has 1 aromatic heterocycles. The van der Waals surface area contributed by atoms with Crippen molar-refractivity contribution in [2.75, 3.05) is 18.9 Å². The Morgan fingerprint density at radius 2 is 2.00 bits per heavy atom. The summed E-state index contributed by atoms with van der Waals surface area (Å²) < 4.78 is 1.97. The van der Waals surface area contributed by atoms with E-state index in [2.05, 4.69) is 5.32 Å². The van der Waals surface area contributed by atoms with Crippen molar-refractivity contribution in [3.63, 3.8) is 0 Å². The molecule has 1 fully saturated rings. The van der Waals surface area contributed by atoms with Gasteiger partial charge in [0, 0.05) is 43.8 Å². The summed E-state index contributed by atoms with van der Waals surface area (Å²) in [6.45, 7) is 0.488. The summed E-state index contributed by atoms with van der Waals surface area (Å²) >= 11 is 0. The highest BCUT2D eigenvalue weighted by Gasteiger charge is 2.32. The Hall–Kier alpha value is -2.56. The summed E-state index contributed by atoms with van der Waals surface area (Å²) in [5.74, 6) is -0.341. The van der Waals surface area contributed by atoms with Gasteiger partial charge in [0.1, 0.15) is 0 Å². The van der Waals surface area contributed by atoms with Crippen molar-refractivity contribution >= 4 is 17.5 Å². The molecule has 1 saturated heterocycles. The second kappa shape index (κ2) is 5.44. The zero-order valence-electron chi connectivity index (χ0n) is 11.8. The van der Waals surface area contributed by atoms with Crippen LogP contribution in [0, 0.1) is 5.92 Å². The van der Waals surface area contributed by atoms with E-state index in [4.69, 9.17) is 0 Å². The summed E-state index contributed by atoms with van der Waals surface area (Å²) in [7, 11) is 1.72. The Kier molecular flexibility index (Phi) is 3.48. The van der Waals surface area contributed by atoms with Crippen molar-refractivity contribution in [2.24, 2.45) is 5.92 Å². The van der Waals surface area contributed by atoms with Crippen LogP contribution in [-0.2, 0) is 9.59 Å². The molecule has 1 aromatic carbocycles. The van der Waals surface area contributed by atoms with Crippen molar-refractivity contribution in [3.05, 3.63) is 48.8 Å². The van der Waals surface area contributed by atoms with E-state index in [-0.39, 0.29) is 17.7 Å². The molecule has 2 aromatic rings. The number of rotatable bonds is 3. The van der Waals surface area contributed by atoms with E-state index in [0.717, 1.165) is 11.4 Å². The summed E-state index contributed by atoms with van der Waals surface area (Å²) in [5, 5.41) is 2.90. The van der Waals surface area contributed by atoms with Crippen LogP contribution in [-0.4, -0.2) is 34.9 Å². The zero-order chi connectivity index (χ0) is 14.8. The molecule has 0 saturated carbocycles. The number of nitrogens with one attached hydrogen (secondary N) is 1. The van der Waals surface area contributed by atoms with Gasteiger partial charge in [0.2, 0.25) is 11.8 Å². The minimum Gasteiger partial charge on any atom is -0.345 e. The third-order valence-corrected chi connectivity index (χ3v) is 3.73. The molecule has 3 rings (SSSR count). The quantitative estimate of drug-likeness (QED) is 0.935. The number of hydrogen-bond donors (Lipinski definition) is 1. The van der Waals surface area contributed by atoms with Crippen molar-refractivity contribution in [2.45, 2.75) is 6.42 Å². The Labute approximate surface area is 123 Å². The lowest BCUT2D eigenvalue weighted by molar-refractivity contribution is -0.127. The smallest absolute Gasteiger partial charge is 0.229 e. The second-order valence-corrected chi connectivity index (χ2v) is 5.31. The van der Waals surface area contributed by atoms with E-state index in [1.165, 1.54) is 0 Å². The van der Waals surface area contributed by atoms with Gasteiger partial charge in [0.25, 0.3) is 0 Å². The molecule has 0 unspecified atom stereocenters. The van der Waals surface area contributed by atoms with Gasteiger partial charge >= 0.3 is 0 Å². The molecular weight excluding hydrogens is 266 g/mol. The number of anilines is 1. The Morgan fingerprint density at radius 1 is 1.24 bits per heavy atom. The van der Waals surface area contributed by atoms with E-state index in [1.807, 2.05) is 53.4 Å². The summed E-state index contributed by atoms with van der Waals surface area (Å²) in [6, 6.07) is 11.5. The molecule has 0 spiro atoms. The van der Waals surface area contributed by atoms with Crippen LogP contribution in [0.1, 0.15) is 6.42 Å². The maximum atomic E-state index is 12.2. The van der Waals surface area contributed by atoms with E-state index < -0.39 is 0 Å². The van der Waals surface area contributed by atoms with Gasteiger partial charge in [-0.2, -0.15) is 0 Å². The van der Waals surface area contributed by atoms with Crippen LogP contribution in [0.4, 0.5) is 5.69 Å². The standard InChI is InChI=1S/C16H17N3O2/c1-18-11-12(9-15(18)20)16(21)17-13-5-4-6-14(10-13)19-7-2-3-8-19/h2-8,10,12H,9,11H2,1H3,(H,17,21)/t12-/m0/s1. The topological polar surface area (TPSA) is 54.3 Å². The first kappa shape index (κ1) is 13.4. The average molecular weight is 283 g/mol. The molecule has 2 heterocycles. The monoisotopic (exact) mass is 283 g/mol. The molecule has 1 N–H and O–H groups in total. The lowest BCUT2D eigenvalue weighted by Crippen LogP contribution is -2.25.